The van der Waals surface area contributed by atoms with Crippen molar-refractivity contribution in [2.75, 3.05) is 13.7 Å². The number of methoxy groups -OCH3 is 1. The van der Waals surface area contributed by atoms with Gasteiger partial charge in [0.2, 0.25) is 0 Å². The smallest absolute Gasteiger partial charge is 0.161 e. The molecule has 2 aromatic carbocycles. The average molecular weight is 389 g/mol. The number of nitrogens with one attached hydrogen (secondary N) is 1. The van der Waals surface area contributed by atoms with Crippen LogP contribution in [-0.4, -0.2) is 23.4 Å². The summed E-state index contributed by atoms with van der Waals surface area (Å²) in [5.74, 6) is 1.56. The van der Waals surface area contributed by atoms with E-state index in [0.29, 0.717) is 6.61 Å². The van der Waals surface area contributed by atoms with Crippen LogP contribution in [0.5, 0.6) is 11.5 Å². The van der Waals surface area contributed by atoms with E-state index in [1.165, 1.54) is 11.1 Å². The van der Waals surface area contributed by atoms with Crippen LogP contribution in [-0.2, 0) is 19.6 Å². The van der Waals surface area contributed by atoms with E-state index in [1.807, 2.05) is 29.1 Å². The van der Waals surface area contributed by atoms with E-state index >= 15 is 0 Å². The fraction of sp³-hybridized carbons (Fsp3) is 0.292. The van der Waals surface area contributed by atoms with E-state index in [4.69, 9.17) is 9.47 Å². The molecule has 0 saturated heterocycles. The van der Waals surface area contributed by atoms with Gasteiger partial charge in [0.15, 0.2) is 11.5 Å². The highest BCUT2D eigenvalue weighted by Gasteiger charge is 2.21. The third-order valence-electron chi connectivity index (χ3n) is 5.21. The molecule has 0 spiro atoms. The number of aryl methyl sites for hydroxylation is 1. The van der Waals surface area contributed by atoms with Crippen molar-refractivity contribution in [1.82, 2.24) is 15.1 Å². The number of hydrogen-bond acceptors (Lipinski definition) is 4. The van der Waals surface area contributed by atoms with Gasteiger partial charge in [0.25, 0.3) is 0 Å². The molecule has 1 aromatic heterocycles. The van der Waals surface area contributed by atoms with Gasteiger partial charge in [-0.15, -0.1) is 0 Å². The first kappa shape index (κ1) is 19.3. The minimum atomic E-state index is 0.140. The second-order valence-electron chi connectivity index (χ2n) is 7.15. The minimum absolute atomic E-state index is 0.140. The van der Waals surface area contributed by atoms with Crippen molar-refractivity contribution in [2.45, 2.75) is 32.5 Å². The second kappa shape index (κ2) is 8.97. The van der Waals surface area contributed by atoms with Gasteiger partial charge < -0.3 is 14.8 Å². The lowest BCUT2D eigenvalue weighted by Crippen LogP contribution is -2.28. The molecule has 5 heteroatoms. The molecular formula is C24H27N3O2. The number of aromatic nitrogens is 2. The number of ether oxygens (including phenoxy) is 2. The minimum Gasteiger partial charge on any atom is -0.493 e. The Kier molecular flexibility index (Phi) is 5.96. The van der Waals surface area contributed by atoms with Gasteiger partial charge in [-0.3, -0.25) is 4.68 Å². The zero-order valence-corrected chi connectivity index (χ0v) is 17.0. The van der Waals surface area contributed by atoms with Gasteiger partial charge in [-0.25, -0.2) is 0 Å². The highest BCUT2D eigenvalue weighted by atomic mass is 16.5. The molecular weight excluding hydrogens is 362 g/mol. The highest BCUT2D eigenvalue weighted by Crippen LogP contribution is 2.36. The molecule has 0 radical (unpaired) electrons. The van der Waals surface area contributed by atoms with Crippen molar-refractivity contribution in [3.05, 3.63) is 83.2 Å². The van der Waals surface area contributed by atoms with Crippen LogP contribution in [0.25, 0.3) is 6.08 Å². The van der Waals surface area contributed by atoms with Gasteiger partial charge in [0, 0.05) is 24.8 Å². The third-order valence-corrected chi connectivity index (χ3v) is 5.21. The van der Waals surface area contributed by atoms with Gasteiger partial charge >= 0.3 is 0 Å². The van der Waals surface area contributed by atoms with Crippen LogP contribution < -0.4 is 14.8 Å². The summed E-state index contributed by atoms with van der Waals surface area (Å²) in [6, 6.07) is 14.6. The standard InChI is InChI=1S/C24H27N3O2/c1-3-27-16-19(15-26-27)9-10-22-21-14-23(28-2)24(13-20(21)11-12-25-22)29-17-18-7-5-4-6-8-18/h4-10,13-16,22,25H,3,11-12,17H2,1-2H3. The molecule has 0 aliphatic carbocycles. The van der Waals surface area contributed by atoms with Crippen LogP contribution in [0.4, 0.5) is 0 Å². The maximum atomic E-state index is 6.09. The van der Waals surface area contributed by atoms with Crippen molar-refractivity contribution < 1.29 is 9.47 Å². The van der Waals surface area contributed by atoms with E-state index < -0.39 is 0 Å². The molecule has 1 N–H and O–H groups in total. The van der Waals surface area contributed by atoms with Crippen molar-refractivity contribution in [2.24, 2.45) is 0 Å². The summed E-state index contributed by atoms with van der Waals surface area (Å²) >= 11 is 0. The molecule has 0 saturated carbocycles. The van der Waals surface area contributed by atoms with Crippen LogP contribution in [0.3, 0.4) is 0 Å². The Bertz CT molecular complexity index is 979. The molecule has 5 nitrogen and oxygen atoms in total. The molecule has 1 atom stereocenters. The van der Waals surface area contributed by atoms with Gasteiger partial charge in [0.05, 0.1) is 19.3 Å². The Hall–Kier alpha value is -3.05. The van der Waals surface area contributed by atoms with Crippen LogP contribution in [0.2, 0.25) is 0 Å². The maximum absolute atomic E-state index is 6.09. The molecule has 0 fully saturated rings. The average Bonchev–Trinajstić information content (AvgIpc) is 3.24. The molecule has 1 aliphatic heterocycles. The predicted octanol–water partition coefficient (Wildman–Crippen LogP) is 4.39. The van der Waals surface area contributed by atoms with Crippen molar-refractivity contribution in [3.63, 3.8) is 0 Å². The topological polar surface area (TPSA) is 48.3 Å². The number of rotatable bonds is 7. The fourth-order valence-corrected chi connectivity index (χ4v) is 3.62. The summed E-state index contributed by atoms with van der Waals surface area (Å²) in [5, 5.41) is 7.92. The molecule has 150 valence electrons. The molecule has 1 aliphatic rings. The van der Waals surface area contributed by atoms with E-state index in [-0.39, 0.29) is 6.04 Å². The van der Waals surface area contributed by atoms with Crippen LogP contribution in [0.1, 0.15) is 35.2 Å². The SMILES string of the molecule is CCn1cc(C=CC2NCCc3cc(OCc4ccccc4)c(OC)cc32)cn1. The first-order valence-electron chi connectivity index (χ1n) is 10.1. The first-order valence-corrected chi connectivity index (χ1v) is 10.1. The summed E-state index contributed by atoms with van der Waals surface area (Å²) in [6.07, 6.45) is 9.24. The zero-order chi connectivity index (χ0) is 20.1. The Morgan fingerprint density at radius 3 is 2.83 bits per heavy atom. The van der Waals surface area contributed by atoms with Crippen LogP contribution >= 0.6 is 0 Å². The predicted molar refractivity (Wildman–Crippen MR) is 115 cm³/mol. The van der Waals surface area contributed by atoms with Gasteiger partial charge in [-0.1, -0.05) is 42.5 Å². The van der Waals surface area contributed by atoms with Gasteiger partial charge in [-0.05, 0) is 42.2 Å². The summed E-state index contributed by atoms with van der Waals surface area (Å²) in [4.78, 5) is 0. The quantitative estimate of drug-likeness (QED) is 0.651. The normalized spacial score (nSPS) is 16.0. The monoisotopic (exact) mass is 389 g/mol. The largest absolute Gasteiger partial charge is 0.493 e. The molecule has 0 amide bonds. The Labute approximate surface area is 172 Å². The highest BCUT2D eigenvalue weighted by molar-refractivity contribution is 5.54. The summed E-state index contributed by atoms with van der Waals surface area (Å²) < 4.78 is 13.7. The summed E-state index contributed by atoms with van der Waals surface area (Å²) in [7, 11) is 1.69. The third kappa shape index (κ3) is 4.51. The lowest BCUT2D eigenvalue weighted by molar-refractivity contribution is 0.283. The van der Waals surface area contributed by atoms with Gasteiger partial charge in [0.1, 0.15) is 6.61 Å². The van der Waals surface area contributed by atoms with Crippen LogP contribution in [0, 0.1) is 0 Å². The molecule has 2 heterocycles. The summed E-state index contributed by atoms with van der Waals surface area (Å²) in [6.45, 7) is 4.42. The Morgan fingerprint density at radius 2 is 2.07 bits per heavy atom. The van der Waals surface area contributed by atoms with E-state index in [9.17, 15) is 0 Å². The summed E-state index contributed by atoms with van der Waals surface area (Å²) in [5.41, 5.74) is 4.78. The number of nitrogens with zero attached hydrogens (tertiary/aromatic N) is 2. The number of benzene rings is 2. The Balaban J connectivity index is 1.55. The number of fused-ring (bicyclic) bond motifs is 1. The molecule has 4 rings (SSSR count). The Morgan fingerprint density at radius 1 is 1.21 bits per heavy atom. The van der Waals surface area contributed by atoms with Crippen molar-refractivity contribution >= 4 is 6.08 Å². The van der Waals surface area contributed by atoms with E-state index in [0.717, 1.165) is 42.1 Å². The molecule has 1 unspecified atom stereocenters. The number of hydrogen-bond donors (Lipinski definition) is 1. The van der Waals surface area contributed by atoms with E-state index in [1.54, 1.807) is 7.11 Å². The molecule has 3 aromatic rings. The molecule has 29 heavy (non-hydrogen) atoms. The molecule has 0 bridgehead atoms. The maximum Gasteiger partial charge on any atom is 0.161 e. The van der Waals surface area contributed by atoms with Gasteiger partial charge in [-0.2, -0.15) is 5.10 Å². The fourth-order valence-electron chi connectivity index (χ4n) is 3.62. The van der Waals surface area contributed by atoms with Crippen molar-refractivity contribution in [3.8, 4) is 11.5 Å². The lowest BCUT2D eigenvalue weighted by atomic mass is 9.93. The first-order chi connectivity index (χ1) is 14.3. The second-order valence-corrected chi connectivity index (χ2v) is 7.15. The lowest BCUT2D eigenvalue weighted by Gasteiger charge is -2.26. The zero-order valence-electron chi connectivity index (χ0n) is 17.0. The van der Waals surface area contributed by atoms with E-state index in [2.05, 4.69) is 60.0 Å². The van der Waals surface area contributed by atoms with Crippen LogP contribution in [0.15, 0.2) is 60.9 Å². The van der Waals surface area contributed by atoms with Crippen molar-refractivity contribution in [1.29, 1.82) is 0 Å².